The molecule has 0 aromatic heterocycles. The van der Waals surface area contributed by atoms with E-state index in [0.29, 0.717) is 31.1 Å². The van der Waals surface area contributed by atoms with E-state index in [0.717, 1.165) is 31.4 Å². The number of carbonyl (C=O) groups excluding carboxylic acids is 1. The smallest absolute Gasteiger partial charge is 0.416 e. The molecule has 9 heteroatoms. The van der Waals surface area contributed by atoms with Gasteiger partial charge in [-0.25, -0.2) is 4.79 Å². The van der Waals surface area contributed by atoms with E-state index in [-0.39, 0.29) is 5.92 Å². The molecule has 1 heterocycles. The number of hydroxylamine groups is 1. The van der Waals surface area contributed by atoms with Crippen LogP contribution in [0.5, 0.6) is 0 Å². The van der Waals surface area contributed by atoms with Crippen LogP contribution >= 0.6 is 0 Å². The Labute approximate surface area is 167 Å². The second-order valence-corrected chi connectivity index (χ2v) is 6.93. The molecule has 0 aliphatic carbocycles. The van der Waals surface area contributed by atoms with Crippen LogP contribution in [0.15, 0.2) is 30.8 Å². The van der Waals surface area contributed by atoms with Crippen molar-refractivity contribution in [2.45, 2.75) is 38.1 Å². The van der Waals surface area contributed by atoms with E-state index >= 15 is 0 Å². The van der Waals surface area contributed by atoms with Gasteiger partial charge in [0, 0.05) is 12.8 Å². The number of alkyl halides is 3. The fourth-order valence-electron chi connectivity index (χ4n) is 2.78. The van der Waals surface area contributed by atoms with Gasteiger partial charge in [-0.2, -0.15) is 13.2 Å². The Balaban J connectivity index is 1.59. The summed E-state index contributed by atoms with van der Waals surface area (Å²) in [6.07, 6.45) is -1.89. The molecule has 0 radical (unpaired) electrons. The molecule has 1 fully saturated rings. The van der Waals surface area contributed by atoms with Crippen LogP contribution in [0.2, 0.25) is 0 Å². The number of rotatable bonds is 9. The Morgan fingerprint density at radius 1 is 1.24 bits per heavy atom. The van der Waals surface area contributed by atoms with Crippen LogP contribution in [-0.2, 0) is 30.0 Å². The lowest BCUT2D eigenvalue weighted by atomic mass is 10.0. The molecule has 0 bridgehead atoms. The molecule has 1 aromatic carbocycles. The summed E-state index contributed by atoms with van der Waals surface area (Å²) in [5.74, 6) is -1.71. The van der Waals surface area contributed by atoms with Crippen LogP contribution in [0.1, 0.15) is 37.3 Å². The number of unbranched alkanes of at least 4 members (excludes halogenated alkanes) is 1. The zero-order valence-corrected chi connectivity index (χ0v) is 16.5. The van der Waals surface area contributed by atoms with E-state index in [1.165, 1.54) is 26.2 Å². The molecule has 1 N–H and O–H groups in total. The molecule has 1 aromatic rings. The first-order valence-electron chi connectivity index (χ1n) is 9.26. The van der Waals surface area contributed by atoms with Gasteiger partial charge in [-0.1, -0.05) is 25.1 Å². The van der Waals surface area contributed by atoms with Gasteiger partial charge in [-0.3, -0.25) is 10.3 Å². The van der Waals surface area contributed by atoms with Crippen molar-refractivity contribution in [1.82, 2.24) is 5.48 Å². The highest BCUT2D eigenvalue weighted by Gasteiger charge is 2.41. The lowest BCUT2D eigenvalue weighted by molar-refractivity contribution is -0.272. The Bertz CT molecular complexity index is 682. The first-order chi connectivity index (χ1) is 13.7. The van der Waals surface area contributed by atoms with E-state index in [1.807, 2.05) is 0 Å². The minimum Gasteiger partial charge on any atom is -0.465 e. The quantitative estimate of drug-likeness (QED) is 0.373. The van der Waals surface area contributed by atoms with Gasteiger partial charge < -0.3 is 14.2 Å². The fraction of sp³-hybridized carbons (Fsp3) is 0.550. The molecule has 0 saturated carbocycles. The van der Waals surface area contributed by atoms with Gasteiger partial charge in [0.15, 0.2) is 0 Å². The molecule has 1 aliphatic heterocycles. The van der Waals surface area contributed by atoms with E-state index in [4.69, 9.17) is 14.3 Å². The standard InChI is InChI=1S/C20H26F3NO5/c1-14(16-7-9-17(10-8-16)20(21,22)23)24-29-11-5-4-6-15-12-27-19(2,28-13-15)18(25)26-3/h7-10,15,24H,1,4-6,11-13H2,2-3H3. The molecular weight excluding hydrogens is 391 g/mol. The topological polar surface area (TPSA) is 66.0 Å². The SMILES string of the molecule is C=C(NOCCCCC1COC(C)(C(=O)OC)OC1)c1ccc(C(F)(F)F)cc1. The lowest BCUT2D eigenvalue weighted by Crippen LogP contribution is -2.48. The zero-order chi connectivity index (χ0) is 21.5. The van der Waals surface area contributed by atoms with Gasteiger partial charge >= 0.3 is 12.1 Å². The summed E-state index contributed by atoms with van der Waals surface area (Å²) in [5, 5.41) is 0. The Morgan fingerprint density at radius 3 is 2.41 bits per heavy atom. The highest BCUT2D eigenvalue weighted by atomic mass is 19.4. The second kappa shape index (κ2) is 10.1. The van der Waals surface area contributed by atoms with E-state index < -0.39 is 23.5 Å². The molecule has 0 spiro atoms. The number of ether oxygens (including phenoxy) is 3. The van der Waals surface area contributed by atoms with E-state index in [1.54, 1.807) is 0 Å². The Kier molecular flexibility index (Phi) is 8.06. The monoisotopic (exact) mass is 417 g/mol. The number of nitrogens with one attached hydrogen (secondary N) is 1. The minimum atomic E-state index is -4.36. The van der Waals surface area contributed by atoms with Crippen molar-refractivity contribution in [3.63, 3.8) is 0 Å². The largest absolute Gasteiger partial charge is 0.465 e. The molecule has 29 heavy (non-hydrogen) atoms. The number of benzene rings is 1. The highest BCUT2D eigenvalue weighted by Crippen LogP contribution is 2.29. The van der Waals surface area contributed by atoms with Crippen molar-refractivity contribution in [2.75, 3.05) is 26.9 Å². The number of methoxy groups -OCH3 is 1. The summed E-state index contributed by atoms with van der Waals surface area (Å²) in [7, 11) is 1.28. The van der Waals surface area contributed by atoms with Crippen molar-refractivity contribution in [2.24, 2.45) is 5.92 Å². The number of carbonyl (C=O) groups is 1. The molecule has 0 amide bonds. The van der Waals surface area contributed by atoms with Crippen molar-refractivity contribution in [3.05, 3.63) is 42.0 Å². The van der Waals surface area contributed by atoms with Crippen molar-refractivity contribution >= 4 is 11.7 Å². The number of esters is 1. The maximum absolute atomic E-state index is 12.6. The van der Waals surface area contributed by atoms with Gasteiger partial charge in [-0.15, -0.1) is 0 Å². The van der Waals surface area contributed by atoms with E-state index in [2.05, 4.69) is 16.8 Å². The minimum absolute atomic E-state index is 0.183. The third kappa shape index (κ3) is 6.73. The number of hydrogen-bond acceptors (Lipinski definition) is 6. The average molecular weight is 417 g/mol. The van der Waals surface area contributed by atoms with Crippen LogP contribution in [0, 0.1) is 5.92 Å². The second-order valence-electron chi connectivity index (χ2n) is 6.93. The summed E-state index contributed by atoms with van der Waals surface area (Å²) in [4.78, 5) is 16.9. The lowest BCUT2D eigenvalue weighted by Gasteiger charge is -2.35. The maximum Gasteiger partial charge on any atom is 0.416 e. The predicted octanol–water partition coefficient (Wildman–Crippen LogP) is 3.92. The van der Waals surface area contributed by atoms with Gasteiger partial charge in [0.05, 0.1) is 38.2 Å². The molecule has 162 valence electrons. The van der Waals surface area contributed by atoms with Crippen LogP contribution in [-0.4, -0.2) is 38.7 Å². The zero-order valence-electron chi connectivity index (χ0n) is 16.5. The van der Waals surface area contributed by atoms with Gasteiger partial charge in [0.1, 0.15) is 0 Å². The summed E-state index contributed by atoms with van der Waals surface area (Å²) in [5.41, 5.74) is 2.84. The van der Waals surface area contributed by atoms with Crippen LogP contribution in [0.3, 0.4) is 0 Å². The Hall–Kier alpha value is -2.10. The van der Waals surface area contributed by atoms with Gasteiger partial charge in [0.2, 0.25) is 0 Å². The third-order valence-electron chi connectivity index (χ3n) is 4.61. The normalized spacial score (nSPS) is 22.2. The predicted molar refractivity (Wildman–Crippen MR) is 99.2 cm³/mol. The van der Waals surface area contributed by atoms with Crippen molar-refractivity contribution in [1.29, 1.82) is 0 Å². The molecule has 1 aliphatic rings. The van der Waals surface area contributed by atoms with Crippen LogP contribution in [0.25, 0.3) is 5.70 Å². The van der Waals surface area contributed by atoms with Crippen LogP contribution < -0.4 is 5.48 Å². The van der Waals surface area contributed by atoms with Crippen LogP contribution in [0.4, 0.5) is 13.2 Å². The maximum atomic E-state index is 12.6. The van der Waals surface area contributed by atoms with Gasteiger partial charge in [-0.05, 0) is 30.5 Å². The van der Waals surface area contributed by atoms with E-state index in [9.17, 15) is 18.0 Å². The van der Waals surface area contributed by atoms with Crippen molar-refractivity contribution in [3.8, 4) is 0 Å². The summed E-state index contributed by atoms with van der Waals surface area (Å²) in [6, 6.07) is 4.68. The molecule has 1 saturated heterocycles. The first-order valence-corrected chi connectivity index (χ1v) is 9.26. The Morgan fingerprint density at radius 2 is 1.86 bits per heavy atom. The average Bonchev–Trinajstić information content (AvgIpc) is 2.70. The molecule has 0 unspecified atom stereocenters. The molecule has 0 atom stereocenters. The van der Waals surface area contributed by atoms with Gasteiger partial charge in [0.25, 0.3) is 5.79 Å². The fourth-order valence-corrected chi connectivity index (χ4v) is 2.78. The number of hydrogen-bond donors (Lipinski definition) is 1. The molecule has 2 rings (SSSR count). The summed E-state index contributed by atoms with van der Waals surface area (Å²) in [6.45, 7) is 6.53. The summed E-state index contributed by atoms with van der Waals surface area (Å²) >= 11 is 0. The molecule has 6 nitrogen and oxygen atoms in total. The van der Waals surface area contributed by atoms with Crippen molar-refractivity contribution < 1.29 is 37.0 Å². The number of halogens is 3. The summed E-state index contributed by atoms with van der Waals surface area (Å²) < 4.78 is 53.3. The third-order valence-corrected chi connectivity index (χ3v) is 4.61. The first kappa shape index (κ1) is 23.2. The highest BCUT2D eigenvalue weighted by molar-refractivity contribution is 5.77. The molecular formula is C20H26F3NO5.